The van der Waals surface area contributed by atoms with Gasteiger partial charge in [0.15, 0.2) is 5.11 Å². The molecule has 0 saturated carbocycles. The summed E-state index contributed by atoms with van der Waals surface area (Å²) in [5.74, 6) is 0. The van der Waals surface area contributed by atoms with E-state index >= 15 is 0 Å². The minimum atomic E-state index is -2.70. The van der Waals surface area contributed by atoms with Crippen LogP contribution in [0, 0.1) is 0 Å². The monoisotopic (exact) mass is 618 g/mol. The SMILES string of the molecule is CCO[Si](CCCNC(=O)Nc1ccc(NC(=S)NCCC[Si](OCC)(OCC)OCC)cc1)(OCC)OCC. The third kappa shape index (κ3) is 14.3. The zero-order valence-corrected chi connectivity index (χ0v) is 27.9. The summed E-state index contributed by atoms with van der Waals surface area (Å²) in [7, 11) is -5.35. The van der Waals surface area contributed by atoms with Gasteiger partial charge in [0.05, 0.1) is 0 Å². The average Bonchev–Trinajstić information content (AvgIpc) is 2.91. The number of rotatable bonds is 22. The molecular weight excluding hydrogens is 569 g/mol. The number of nitrogens with one attached hydrogen (secondary N) is 4. The number of hydrogen-bond acceptors (Lipinski definition) is 8. The zero-order valence-electron chi connectivity index (χ0n) is 25.1. The van der Waals surface area contributed by atoms with Crippen molar-refractivity contribution in [2.75, 3.05) is 63.4 Å². The van der Waals surface area contributed by atoms with Gasteiger partial charge in [-0.3, -0.25) is 0 Å². The first kappa shape index (κ1) is 36.4. The maximum Gasteiger partial charge on any atom is 0.500 e. The molecule has 0 heterocycles. The van der Waals surface area contributed by atoms with E-state index in [4.69, 9.17) is 38.8 Å². The normalized spacial score (nSPS) is 11.8. The standard InChI is InChI=1S/C26H50N4O7SSi2/c1-7-32-39(33-8-2,34-9-3)21-13-19-27-25(31)29-23-15-17-24(18-16-23)30-26(38)28-20-14-22-40(35-10-4,36-11-5)37-12-6/h15-18H,7-14,19-22H2,1-6H3,(H2,27,29,31)(H2,28,30,38). The van der Waals surface area contributed by atoms with Crippen molar-refractivity contribution in [3.63, 3.8) is 0 Å². The van der Waals surface area contributed by atoms with Gasteiger partial charge in [0, 0.05) is 76.2 Å². The minimum absolute atomic E-state index is 0.278. The molecule has 0 aliphatic rings. The van der Waals surface area contributed by atoms with Gasteiger partial charge in [0.25, 0.3) is 0 Å². The Morgan fingerprint density at radius 3 is 1.35 bits per heavy atom. The predicted molar refractivity (Wildman–Crippen MR) is 168 cm³/mol. The van der Waals surface area contributed by atoms with Gasteiger partial charge >= 0.3 is 23.6 Å². The van der Waals surface area contributed by atoms with Gasteiger partial charge in [-0.1, -0.05) is 0 Å². The van der Waals surface area contributed by atoms with E-state index in [1.807, 2.05) is 65.8 Å². The summed E-state index contributed by atoms with van der Waals surface area (Å²) in [6.07, 6.45) is 1.50. The Morgan fingerprint density at radius 1 is 0.625 bits per heavy atom. The van der Waals surface area contributed by atoms with Crippen molar-refractivity contribution in [1.82, 2.24) is 10.6 Å². The number of amides is 2. The van der Waals surface area contributed by atoms with Crippen LogP contribution in [0.5, 0.6) is 0 Å². The van der Waals surface area contributed by atoms with Crippen LogP contribution in [0.4, 0.5) is 16.2 Å². The molecule has 40 heavy (non-hydrogen) atoms. The fourth-order valence-electron chi connectivity index (χ4n) is 4.00. The van der Waals surface area contributed by atoms with E-state index in [1.165, 1.54) is 0 Å². The molecule has 0 spiro atoms. The molecule has 1 aromatic rings. The molecular formula is C26H50N4O7SSi2. The summed E-state index contributed by atoms with van der Waals surface area (Å²) in [5.41, 5.74) is 1.49. The number of urea groups is 1. The zero-order chi connectivity index (χ0) is 29.7. The lowest BCUT2D eigenvalue weighted by atomic mass is 10.3. The van der Waals surface area contributed by atoms with Gasteiger partial charge in [-0.25, -0.2) is 4.79 Å². The molecule has 11 nitrogen and oxygen atoms in total. The largest absolute Gasteiger partial charge is 0.500 e. The van der Waals surface area contributed by atoms with Crippen LogP contribution in [-0.4, -0.2) is 81.5 Å². The fraction of sp³-hybridized carbons (Fsp3) is 0.692. The first-order chi connectivity index (χ1) is 19.3. The molecule has 0 radical (unpaired) electrons. The van der Waals surface area contributed by atoms with E-state index in [0.29, 0.717) is 76.0 Å². The highest BCUT2D eigenvalue weighted by Gasteiger charge is 2.40. The van der Waals surface area contributed by atoms with Gasteiger partial charge in [-0.15, -0.1) is 0 Å². The Labute approximate surface area is 248 Å². The summed E-state index contributed by atoms with van der Waals surface area (Å²) in [6.45, 7) is 16.1. The molecule has 0 aromatic heterocycles. The second-order valence-electron chi connectivity index (χ2n) is 8.51. The molecule has 1 rings (SSSR count). The van der Waals surface area contributed by atoms with Gasteiger partial charge in [-0.05, 0) is 90.9 Å². The first-order valence-corrected chi connectivity index (χ1v) is 18.6. The van der Waals surface area contributed by atoms with Crippen molar-refractivity contribution >= 4 is 52.3 Å². The van der Waals surface area contributed by atoms with Gasteiger partial charge in [-0.2, -0.15) is 0 Å². The highest BCUT2D eigenvalue weighted by Crippen LogP contribution is 2.19. The molecule has 0 fully saturated rings. The molecule has 14 heteroatoms. The summed E-state index contributed by atoms with van der Waals surface area (Å²) in [6, 6.07) is 8.42. The highest BCUT2D eigenvalue weighted by molar-refractivity contribution is 7.80. The van der Waals surface area contributed by atoms with Crippen molar-refractivity contribution in [2.24, 2.45) is 0 Å². The van der Waals surface area contributed by atoms with E-state index < -0.39 is 17.6 Å². The quantitative estimate of drug-likeness (QED) is 0.0805. The lowest BCUT2D eigenvalue weighted by Crippen LogP contribution is -2.46. The average molecular weight is 619 g/mol. The molecule has 2 amide bonds. The first-order valence-electron chi connectivity index (χ1n) is 14.3. The smallest absolute Gasteiger partial charge is 0.374 e. The van der Waals surface area contributed by atoms with Crippen LogP contribution >= 0.6 is 12.2 Å². The van der Waals surface area contributed by atoms with Crippen LogP contribution in [0.1, 0.15) is 54.4 Å². The van der Waals surface area contributed by atoms with Crippen molar-refractivity contribution in [2.45, 2.75) is 66.5 Å². The van der Waals surface area contributed by atoms with Crippen LogP contribution < -0.4 is 21.3 Å². The van der Waals surface area contributed by atoms with Crippen LogP contribution in [0.2, 0.25) is 12.1 Å². The van der Waals surface area contributed by atoms with Gasteiger partial charge in [0.1, 0.15) is 0 Å². The summed E-state index contributed by atoms with van der Waals surface area (Å²) in [4.78, 5) is 12.3. The Kier molecular flexibility index (Phi) is 19.2. The van der Waals surface area contributed by atoms with Gasteiger partial charge < -0.3 is 47.8 Å². The highest BCUT2D eigenvalue weighted by atomic mass is 32.1. The molecule has 0 aliphatic heterocycles. The third-order valence-electron chi connectivity index (χ3n) is 5.48. The molecule has 0 unspecified atom stereocenters. The minimum Gasteiger partial charge on any atom is -0.374 e. The van der Waals surface area contributed by atoms with Crippen molar-refractivity contribution in [3.05, 3.63) is 24.3 Å². The summed E-state index contributed by atoms with van der Waals surface area (Å²) >= 11 is 5.43. The van der Waals surface area contributed by atoms with Crippen LogP contribution in [0.15, 0.2) is 24.3 Å². The van der Waals surface area contributed by atoms with E-state index in [1.54, 1.807) is 0 Å². The van der Waals surface area contributed by atoms with Gasteiger partial charge in [0.2, 0.25) is 0 Å². The Hall–Kier alpha value is -1.63. The van der Waals surface area contributed by atoms with E-state index in [-0.39, 0.29) is 6.03 Å². The maximum absolute atomic E-state index is 12.3. The van der Waals surface area contributed by atoms with E-state index in [2.05, 4.69) is 21.3 Å². The van der Waals surface area contributed by atoms with Crippen molar-refractivity contribution in [3.8, 4) is 0 Å². The molecule has 0 saturated heterocycles. The van der Waals surface area contributed by atoms with Crippen LogP contribution in [0.3, 0.4) is 0 Å². The van der Waals surface area contributed by atoms with Crippen molar-refractivity contribution in [1.29, 1.82) is 0 Å². The number of carbonyl (C=O) groups excluding carboxylic acids is 1. The second-order valence-corrected chi connectivity index (χ2v) is 14.4. The van der Waals surface area contributed by atoms with E-state index in [9.17, 15) is 4.79 Å². The van der Waals surface area contributed by atoms with Crippen LogP contribution in [-0.2, 0) is 26.6 Å². The summed E-state index contributed by atoms with van der Waals surface area (Å²) < 4.78 is 35.2. The molecule has 0 bridgehead atoms. The second kappa shape index (κ2) is 21.1. The molecule has 0 atom stereocenters. The molecule has 4 N–H and O–H groups in total. The number of anilines is 2. The number of benzene rings is 1. The lowest BCUT2D eigenvalue weighted by molar-refractivity contribution is 0.0701. The van der Waals surface area contributed by atoms with E-state index in [0.717, 1.165) is 18.2 Å². The lowest BCUT2D eigenvalue weighted by Gasteiger charge is -2.28. The molecule has 1 aromatic carbocycles. The fourth-order valence-corrected chi connectivity index (χ4v) is 9.45. The number of carbonyl (C=O) groups is 1. The molecule has 230 valence electrons. The number of thiocarbonyl (C=S) groups is 1. The Bertz CT molecular complexity index is 739. The van der Waals surface area contributed by atoms with Crippen molar-refractivity contribution < 1.29 is 31.4 Å². The maximum atomic E-state index is 12.3. The Balaban J connectivity index is 2.42. The van der Waals surface area contributed by atoms with Crippen LogP contribution in [0.25, 0.3) is 0 Å². The summed E-state index contributed by atoms with van der Waals surface area (Å²) in [5, 5.41) is 12.6. The topological polar surface area (TPSA) is 121 Å². The predicted octanol–water partition coefficient (Wildman–Crippen LogP) is 4.97. The Morgan fingerprint density at radius 2 is 0.975 bits per heavy atom. The molecule has 0 aliphatic carbocycles. The number of hydrogen-bond donors (Lipinski definition) is 4. The third-order valence-corrected chi connectivity index (χ3v) is 12.0.